The van der Waals surface area contributed by atoms with Gasteiger partial charge in [0.2, 0.25) is 0 Å². The molecule has 1 heterocycles. The Morgan fingerprint density at radius 1 is 1.38 bits per heavy atom. The number of nitrogens with zero attached hydrogens (tertiary/aromatic N) is 3. The van der Waals surface area contributed by atoms with Crippen molar-refractivity contribution < 1.29 is 0 Å². The van der Waals surface area contributed by atoms with Gasteiger partial charge in [0.1, 0.15) is 0 Å². The monoisotopic (exact) mass is 379 g/mol. The molecule has 0 aliphatic carbocycles. The normalized spacial score (nSPS) is 21.8. The third-order valence-electron chi connectivity index (χ3n) is 5.28. The summed E-state index contributed by atoms with van der Waals surface area (Å²) in [6.07, 6.45) is 2.44. The summed E-state index contributed by atoms with van der Waals surface area (Å²) in [5.74, 6) is 1.41. The molecule has 1 aliphatic heterocycles. The molecule has 0 bridgehead atoms. The predicted molar refractivity (Wildman–Crippen MR) is 112 cm³/mol. The third kappa shape index (κ3) is 6.15. The molecule has 26 heavy (non-hydrogen) atoms. The van der Waals surface area contributed by atoms with Gasteiger partial charge >= 0.3 is 0 Å². The van der Waals surface area contributed by atoms with Crippen LogP contribution in [0.1, 0.15) is 31.4 Å². The molecule has 1 fully saturated rings. The second kappa shape index (κ2) is 10.8. The molecular weight excluding hydrogens is 346 g/mol. The zero-order chi connectivity index (χ0) is 18.9. The molecule has 146 valence electrons. The minimum atomic E-state index is 0.388. The van der Waals surface area contributed by atoms with Gasteiger partial charge in [-0.05, 0) is 63.6 Å². The highest BCUT2D eigenvalue weighted by atomic mass is 35.5. The maximum atomic E-state index is 6.24. The summed E-state index contributed by atoms with van der Waals surface area (Å²) in [5, 5.41) is 7.75. The van der Waals surface area contributed by atoms with Gasteiger partial charge in [-0.2, -0.15) is 0 Å². The van der Waals surface area contributed by atoms with E-state index in [9.17, 15) is 0 Å². The van der Waals surface area contributed by atoms with Crippen LogP contribution in [0.15, 0.2) is 29.3 Å². The standard InChI is InChI=1S/C20H34ClN5/c1-5-25(3)13-11-23-20(22-2)24-15-17-9-7-12-26(4)19(17)16-8-6-10-18(21)14-16/h6,8,10,14,17,19H,5,7,9,11-13,15H2,1-4H3,(H2,22,23,24). The van der Waals surface area contributed by atoms with Crippen molar-refractivity contribution in [2.24, 2.45) is 10.9 Å². The van der Waals surface area contributed by atoms with Crippen LogP contribution in [-0.4, -0.2) is 69.6 Å². The fourth-order valence-corrected chi connectivity index (χ4v) is 3.86. The number of halogens is 1. The van der Waals surface area contributed by atoms with Crippen molar-refractivity contribution >= 4 is 17.6 Å². The number of hydrogen-bond donors (Lipinski definition) is 2. The van der Waals surface area contributed by atoms with Crippen LogP contribution in [0.25, 0.3) is 0 Å². The van der Waals surface area contributed by atoms with Crippen molar-refractivity contribution in [3.8, 4) is 0 Å². The molecular formula is C20H34ClN5. The van der Waals surface area contributed by atoms with Gasteiger partial charge in [0.15, 0.2) is 5.96 Å². The smallest absolute Gasteiger partial charge is 0.191 e. The van der Waals surface area contributed by atoms with Crippen LogP contribution in [0.5, 0.6) is 0 Å². The third-order valence-corrected chi connectivity index (χ3v) is 5.51. The quantitative estimate of drug-likeness (QED) is 0.564. The first-order valence-electron chi connectivity index (χ1n) is 9.64. The Hall–Kier alpha value is -1.30. The van der Waals surface area contributed by atoms with E-state index < -0.39 is 0 Å². The molecule has 0 saturated carbocycles. The number of likely N-dealkylation sites (tertiary alicyclic amines) is 1. The van der Waals surface area contributed by atoms with E-state index >= 15 is 0 Å². The Morgan fingerprint density at radius 3 is 2.88 bits per heavy atom. The number of likely N-dealkylation sites (N-methyl/N-ethyl adjacent to an activating group) is 1. The first kappa shape index (κ1) is 21.0. The fraction of sp³-hybridized carbons (Fsp3) is 0.650. The van der Waals surface area contributed by atoms with Gasteiger partial charge in [-0.25, -0.2) is 0 Å². The lowest BCUT2D eigenvalue weighted by atomic mass is 9.85. The summed E-state index contributed by atoms with van der Waals surface area (Å²) >= 11 is 6.24. The topological polar surface area (TPSA) is 42.9 Å². The molecule has 1 aliphatic rings. The zero-order valence-corrected chi connectivity index (χ0v) is 17.4. The number of benzene rings is 1. The average Bonchev–Trinajstić information content (AvgIpc) is 2.64. The number of guanidine groups is 1. The van der Waals surface area contributed by atoms with Gasteiger partial charge in [-0.3, -0.25) is 9.89 Å². The van der Waals surface area contributed by atoms with E-state index in [2.05, 4.69) is 64.6 Å². The number of nitrogens with one attached hydrogen (secondary N) is 2. The van der Waals surface area contributed by atoms with Crippen LogP contribution >= 0.6 is 11.6 Å². The number of aliphatic imine (C=N–C) groups is 1. The van der Waals surface area contributed by atoms with Crippen LogP contribution in [-0.2, 0) is 0 Å². The van der Waals surface area contributed by atoms with Crippen molar-refractivity contribution in [1.82, 2.24) is 20.4 Å². The second-order valence-electron chi connectivity index (χ2n) is 7.16. The summed E-state index contributed by atoms with van der Waals surface area (Å²) in [6.45, 7) is 7.17. The van der Waals surface area contributed by atoms with E-state index in [1.807, 2.05) is 13.1 Å². The Balaban J connectivity index is 1.94. The number of piperidine rings is 1. The van der Waals surface area contributed by atoms with Crippen LogP contribution in [0.4, 0.5) is 0 Å². The van der Waals surface area contributed by atoms with Crippen LogP contribution in [0, 0.1) is 5.92 Å². The highest BCUT2D eigenvalue weighted by molar-refractivity contribution is 6.30. The van der Waals surface area contributed by atoms with Crippen LogP contribution in [0.3, 0.4) is 0 Å². The highest BCUT2D eigenvalue weighted by Crippen LogP contribution is 2.35. The Bertz CT molecular complexity index is 577. The molecule has 1 aromatic rings. The lowest BCUT2D eigenvalue weighted by Crippen LogP contribution is -2.46. The molecule has 2 N–H and O–H groups in total. The first-order valence-corrected chi connectivity index (χ1v) is 10.0. The maximum Gasteiger partial charge on any atom is 0.191 e. The van der Waals surface area contributed by atoms with E-state index in [1.165, 1.54) is 18.4 Å². The average molecular weight is 380 g/mol. The lowest BCUT2D eigenvalue weighted by molar-refractivity contribution is 0.122. The summed E-state index contributed by atoms with van der Waals surface area (Å²) in [6, 6.07) is 8.68. The van der Waals surface area contributed by atoms with Crippen LogP contribution < -0.4 is 10.6 Å². The van der Waals surface area contributed by atoms with Gasteiger partial charge < -0.3 is 15.5 Å². The fourth-order valence-electron chi connectivity index (χ4n) is 3.66. The van der Waals surface area contributed by atoms with E-state index in [0.29, 0.717) is 12.0 Å². The van der Waals surface area contributed by atoms with Gasteiger partial charge in [0, 0.05) is 37.7 Å². The van der Waals surface area contributed by atoms with Gasteiger partial charge in [0.05, 0.1) is 0 Å². The molecule has 6 heteroatoms. The van der Waals surface area contributed by atoms with Crippen molar-refractivity contribution in [3.05, 3.63) is 34.9 Å². The van der Waals surface area contributed by atoms with Crippen molar-refractivity contribution in [1.29, 1.82) is 0 Å². The van der Waals surface area contributed by atoms with Gasteiger partial charge in [0.25, 0.3) is 0 Å². The van der Waals surface area contributed by atoms with Gasteiger partial charge in [-0.15, -0.1) is 0 Å². The van der Waals surface area contributed by atoms with Crippen molar-refractivity contribution in [2.45, 2.75) is 25.8 Å². The highest BCUT2D eigenvalue weighted by Gasteiger charge is 2.30. The second-order valence-corrected chi connectivity index (χ2v) is 7.59. The Kier molecular flexibility index (Phi) is 8.69. The largest absolute Gasteiger partial charge is 0.356 e. The van der Waals surface area contributed by atoms with Crippen molar-refractivity contribution in [2.75, 3.05) is 53.9 Å². The number of hydrogen-bond acceptors (Lipinski definition) is 3. The van der Waals surface area contributed by atoms with E-state index in [0.717, 1.165) is 43.7 Å². The molecule has 1 saturated heterocycles. The van der Waals surface area contributed by atoms with Gasteiger partial charge in [-0.1, -0.05) is 30.7 Å². The Labute approximate surface area is 163 Å². The summed E-state index contributed by atoms with van der Waals surface area (Å²) in [7, 11) is 6.18. The summed E-state index contributed by atoms with van der Waals surface area (Å²) in [4.78, 5) is 9.10. The first-order chi connectivity index (χ1) is 12.5. The predicted octanol–water partition coefficient (Wildman–Crippen LogP) is 2.84. The molecule has 5 nitrogen and oxygen atoms in total. The maximum absolute atomic E-state index is 6.24. The van der Waals surface area contributed by atoms with Crippen molar-refractivity contribution in [3.63, 3.8) is 0 Å². The lowest BCUT2D eigenvalue weighted by Gasteiger charge is -2.40. The summed E-state index contributed by atoms with van der Waals surface area (Å²) in [5.41, 5.74) is 1.30. The zero-order valence-electron chi connectivity index (χ0n) is 16.6. The molecule has 2 rings (SSSR count). The minimum Gasteiger partial charge on any atom is -0.356 e. The number of rotatable bonds is 7. The molecule has 2 atom stereocenters. The molecule has 0 amide bonds. The van der Waals surface area contributed by atoms with E-state index in [-0.39, 0.29) is 0 Å². The molecule has 0 radical (unpaired) electrons. The molecule has 1 aromatic carbocycles. The SMILES string of the molecule is CCN(C)CCNC(=NC)NCC1CCCN(C)C1c1cccc(Cl)c1. The minimum absolute atomic E-state index is 0.388. The molecule has 0 aromatic heterocycles. The molecule has 2 unspecified atom stereocenters. The molecule has 0 spiro atoms. The van der Waals surface area contributed by atoms with E-state index in [4.69, 9.17) is 11.6 Å². The Morgan fingerprint density at radius 2 is 2.19 bits per heavy atom. The summed E-state index contributed by atoms with van der Waals surface area (Å²) < 4.78 is 0. The van der Waals surface area contributed by atoms with Crippen LogP contribution in [0.2, 0.25) is 5.02 Å². The van der Waals surface area contributed by atoms with E-state index in [1.54, 1.807) is 0 Å².